The Labute approximate surface area is 242 Å². The van der Waals surface area contributed by atoms with E-state index in [2.05, 4.69) is 0 Å². The Hall–Kier alpha value is -4.62. The number of carbonyl (C=O) groups excluding carboxylic acids is 3. The largest absolute Gasteiger partial charge is 2.00 e. The fraction of sp³-hybridized carbons (Fsp3) is 0.148. The maximum atomic E-state index is 12.4. The van der Waals surface area contributed by atoms with Gasteiger partial charge in [-0.2, -0.15) is 0 Å². The van der Waals surface area contributed by atoms with E-state index < -0.39 is 64.8 Å². The van der Waals surface area contributed by atoms with Gasteiger partial charge in [0.1, 0.15) is 12.2 Å². The third kappa shape index (κ3) is 6.16. The van der Waals surface area contributed by atoms with Gasteiger partial charge in [0.05, 0.1) is 17.9 Å². The normalized spacial score (nSPS) is 16.4. The summed E-state index contributed by atoms with van der Waals surface area (Å²) in [4.78, 5) is 36.1. The number of aliphatic carboxylic acids is 2. The predicted octanol–water partition coefficient (Wildman–Crippen LogP) is -0.281. The molecular formula is C27H20MgO12. The molecule has 0 spiro atoms. The molecule has 13 heteroatoms. The molecule has 3 aromatic carbocycles. The molecule has 0 bridgehead atoms. The van der Waals surface area contributed by atoms with Gasteiger partial charge in [0.2, 0.25) is 0 Å². The molecule has 0 aliphatic carbocycles. The molecule has 0 aromatic heterocycles. The number of ether oxygens (including phenoxy) is 2. The van der Waals surface area contributed by atoms with E-state index in [1.54, 1.807) is 0 Å². The van der Waals surface area contributed by atoms with Crippen molar-refractivity contribution in [3.05, 3.63) is 76.9 Å². The molecule has 0 saturated heterocycles. The van der Waals surface area contributed by atoms with E-state index >= 15 is 0 Å². The number of carbonyl (C=O) groups is 3. The number of aromatic hydroxyl groups is 5. The van der Waals surface area contributed by atoms with Crippen molar-refractivity contribution in [3.8, 4) is 34.5 Å². The third-order valence-corrected chi connectivity index (χ3v) is 6.03. The van der Waals surface area contributed by atoms with Gasteiger partial charge in [0.25, 0.3) is 0 Å². The molecule has 0 radical (unpaired) electrons. The summed E-state index contributed by atoms with van der Waals surface area (Å²) in [5.41, 5.74) is 0.440. The number of rotatable bonds is 8. The van der Waals surface area contributed by atoms with E-state index in [0.29, 0.717) is 0 Å². The van der Waals surface area contributed by atoms with Crippen LogP contribution in [0.5, 0.6) is 34.5 Å². The molecule has 12 nitrogen and oxygen atoms in total. The summed E-state index contributed by atoms with van der Waals surface area (Å²) in [6, 6.07) is 9.58. The summed E-state index contributed by atoms with van der Waals surface area (Å²) in [6.07, 6.45) is -1.44. The van der Waals surface area contributed by atoms with Gasteiger partial charge in [0, 0.05) is 18.1 Å². The molecule has 1 heterocycles. The van der Waals surface area contributed by atoms with Gasteiger partial charge in [-0.25, -0.2) is 4.79 Å². The number of hydrogen-bond acceptors (Lipinski definition) is 12. The second-order valence-electron chi connectivity index (χ2n) is 8.61. The Morgan fingerprint density at radius 3 is 2.10 bits per heavy atom. The summed E-state index contributed by atoms with van der Waals surface area (Å²) in [5.74, 6) is -8.46. The summed E-state index contributed by atoms with van der Waals surface area (Å²) >= 11 is 0. The molecule has 0 amide bonds. The molecule has 202 valence electrons. The van der Waals surface area contributed by atoms with Gasteiger partial charge in [-0.3, -0.25) is 0 Å². The van der Waals surface area contributed by atoms with Gasteiger partial charge < -0.3 is 54.8 Å². The van der Waals surface area contributed by atoms with Gasteiger partial charge in [-0.15, -0.1) is 0 Å². The second-order valence-corrected chi connectivity index (χ2v) is 8.61. The average molecular weight is 561 g/mol. The minimum atomic E-state index is -1.76. The van der Waals surface area contributed by atoms with Gasteiger partial charge in [0.15, 0.2) is 34.5 Å². The van der Waals surface area contributed by atoms with Crippen molar-refractivity contribution in [2.45, 2.75) is 24.5 Å². The molecule has 3 aromatic rings. The van der Waals surface area contributed by atoms with Crippen molar-refractivity contribution < 1.29 is 59.6 Å². The zero-order valence-electron chi connectivity index (χ0n) is 20.5. The second kappa shape index (κ2) is 12.0. The number of carboxylic acids is 2. The topological polar surface area (TPSA) is 217 Å². The van der Waals surface area contributed by atoms with Crippen molar-refractivity contribution >= 4 is 47.0 Å². The number of benzene rings is 3. The smallest absolute Gasteiger partial charge is 0.549 e. The summed E-state index contributed by atoms with van der Waals surface area (Å²) in [5, 5.41) is 72.3. The molecule has 4 rings (SSSR count). The summed E-state index contributed by atoms with van der Waals surface area (Å²) in [7, 11) is 0. The molecule has 5 N–H and O–H groups in total. The number of esters is 1. The van der Waals surface area contributed by atoms with Crippen LogP contribution in [-0.2, 0) is 25.5 Å². The molecule has 3 atom stereocenters. The first-order chi connectivity index (χ1) is 18.5. The van der Waals surface area contributed by atoms with E-state index in [-0.39, 0.29) is 57.5 Å². The van der Waals surface area contributed by atoms with Crippen LogP contribution in [0.3, 0.4) is 0 Å². The van der Waals surface area contributed by atoms with Crippen molar-refractivity contribution in [2.75, 3.05) is 0 Å². The average Bonchev–Trinajstić information content (AvgIpc) is 3.29. The summed E-state index contributed by atoms with van der Waals surface area (Å²) < 4.78 is 10.6. The SMILES string of the molecule is O=C(/C=C/c1ccc(O)c2c1C(C(=O)[O-])C(c1ccc(O)c(O)c1)O2)OC(Cc1ccc(O)c(O)c1)C(=O)[O-].[Mg+2]. The van der Waals surface area contributed by atoms with Crippen LogP contribution < -0.4 is 14.9 Å². The van der Waals surface area contributed by atoms with Crippen LogP contribution in [-0.4, -0.2) is 72.6 Å². The van der Waals surface area contributed by atoms with E-state index in [9.17, 15) is 50.1 Å². The zero-order valence-corrected chi connectivity index (χ0v) is 21.9. The number of carboxylic acid groups (broad SMARTS) is 2. The maximum Gasteiger partial charge on any atom is 2.00 e. The molecule has 3 unspecified atom stereocenters. The number of fused-ring (bicyclic) bond motifs is 1. The fourth-order valence-corrected chi connectivity index (χ4v) is 4.18. The quantitative estimate of drug-likeness (QED) is 0.104. The Morgan fingerprint density at radius 2 is 1.50 bits per heavy atom. The van der Waals surface area contributed by atoms with Crippen molar-refractivity contribution in [2.24, 2.45) is 0 Å². The Balaban J connectivity index is 0.00000441. The molecule has 0 saturated carbocycles. The standard InChI is InChI=1S/C27H22O12.Mg/c28-15-5-1-12(9-18(15)31)10-20(26(34)35)38-21(33)8-4-13-2-7-17(30)25-22(13)23(27(36)37)24(39-25)14-3-6-16(29)19(32)11-14;/h1-9,11,20,23-24,28-32H,10H2,(H,34,35)(H,36,37);/q;+2/p-2/b8-4+;. The zero-order chi connectivity index (χ0) is 28.4. The van der Waals surface area contributed by atoms with E-state index in [4.69, 9.17) is 9.47 Å². The number of hydrogen-bond donors (Lipinski definition) is 5. The molecule has 1 aliphatic rings. The maximum absolute atomic E-state index is 12.4. The first-order valence-corrected chi connectivity index (χ1v) is 11.3. The summed E-state index contributed by atoms with van der Waals surface area (Å²) in [6.45, 7) is 0. The Bertz CT molecular complexity index is 1500. The number of phenols is 5. The third-order valence-electron chi connectivity index (χ3n) is 6.03. The minimum absolute atomic E-state index is 0. The molecule has 1 aliphatic heterocycles. The van der Waals surface area contributed by atoms with E-state index in [1.807, 2.05) is 0 Å². The van der Waals surface area contributed by atoms with Crippen LogP contribution in [0, 0.1) is 0 Å². The van der Waals surface area contributed by atoms with Gasteiger partial charge in [-0.05, 0) is 53.1 Å². The van der Waals surface area contributed by atoms with Crippen molar-refractivity contribution in [1.29, 1.82) is 0 Å². The van der Waals surface area contributed by atoms with Crippen LogP contribution in [0.2, 0.25) is 0 Å². The van der Waals surface area contributed by atoms with Crippen LogP contribution in [0.15, 0.2) is 54.6 Å². The minimum Gasteiger partial charge on any atom is -0.549 e. The van der Waals surface area contributed by atoms with Crippen LogP contribution in [0.25, 0.3) is 6.08 Å². The first kappa shape index (κ1) is 29.9. The van der Waals surface area contributed by atoms with Gasteiger partial charge in [-0.1, -0.05) is 18.2 Å². The number of phenolic OH excluding ortho intramolecular Hbond substituents is 5. The molecule has 0 fully saturated rings. The molecular weight excluding hydrogens is 541 g/mol. The Morgan fingerprint density at radius 1 is 0.875 bits per heavy atom. The Kier molecular flexibility index (Phi) is 9.01. The fourth-order valence-electron chi connectivity index (χ4n) is 4.18. The van der Waals surface area contributed by atoms with Crippen LogP contribution in [0.1, 0.15) is 34.3 Å². The van der Waals surface area contributed by atoms with Crippen molar-refractivity contribution in [3.63, 3.8) is 0 Å². The molecule has 40 heavy (non-hydrogen) atoms. The van der Waals surface area contributed by atoms with Crippen LogP contribution in [0.4, 0.5) is 0 Å². The van der Waals surface area contributed by atoms with Crippen molar-refractivity contribution in [1.82, 2.24) is 0 Å². The monoisotopic (exact) mass is 560 g/mol. The van der Waals surface area contributed by atoms with Gasteiger partial charge >= 0.3 is 29.0 Å². The van der Waals surface area contributed by atoms with E-state index in [0.717, 1.165) is 36.4 Å². The predicted molar refractivity (Wildman–Crippen MR) is 132 cm³/mol. The van der Waals surface area contributed by atoms with E-state index in [1.165, 1.54) is 24.3 Å². The van der Waals surface area contributed by atoms with Crippen LogP contribution >= 0.6 is 0 Å². The first-order valence-electron chi connectivity index (χ1n) is 11.3.